The van der Waals surface area contributed by atoms with Crippen LogP contribution < -0.4 is 5.32 Å². The summed E-state index contributed by atoms with van der Waals surface area (Å²) in [7, 11) is 0. The lowest BCUT2D eigenvalue weighted by Gasteiger charge is -2.01. The number of aliphatic imine (C=N–C) groups is 1. The van der Waals surface area contributed by atoms with E-state index in [1.54, 1.807) is 24.3 Å². The van der Waals surface area contributed by atoms with E-state index in [2.05, 4.69) is 10.3 Å². The Bertz CT molecular complexity index is 769. The molecule has 0 bridgehead atoms. The van der Waals surface area contributed by atoms with Crippen molar-refractivity contribution in [1.82, 2.24) is 5.32 Å². The fourth-order valence-corrected chi connectivity index (χ4v) is 2.74. The Morgan fingerprint density at radius 1 is 1.32 bits per heavy atom. The Kier molecular flexibility index (Phi) is 3.92. The van der Waals surface area contributed by atoms with Gasteiger partial charge in [0.2, 0.25) is 0 Å². The third-order valence-corrected chi connectivity index (χ3v) is 3.89. The molecule has 0 saturated heterocycles. The highest BCUT2D eigenvalue weighted by molar-refractivity contribution is 8.14. The topological polar surface area (TPSA) is 97.7 Å². The van der Waals surface area contributed by atoms with Crippen LogP contribution in [0.2, 0.25) is 0 Å². The van der Waals surface area contributed by atoms with Gasteiger partial charge in [0.25, 0.3) is 11.6 Å². The summed E-state index contributed by atoms with van der Waals surface area (Å²) in [6, 6.07) is 9.25. The van der Waals surface area contributed by atoms with Crippen LogP contribution in [0.3, 0.4) is 0 Å². The summed E-state index contributed by atoms with van der Waals surface area (Å²) in [5.41, 5.74) is 0.263. The zero-order chi connectivity index (χ0) is 15.5. The molecule has 112 valence electrons. The standard InChI is InChI=1S/C14H11N3O4S/c18-13(16-14-15-7-8-22-14)12-6-5-11(21-12)9-3-1-2-4-10(9)17(19)20/h1-6H,7-8H2,(H,15,16,18). The van der Waals surface area contributed by atoms with Gasteiger partial charge in [-0.1, -0.05) is 23.9 Å². The van der Waals surface area contributed by atoms with Crippen molar-refractivity contribution in [3.05, 3.63) is 52.3 Å². The number of carbonyl (C=O) groups excluding carboxylic acids is 1. The molecule has 0 fully saturated rings. The lowest BCUT2D eigenvalue weighted by atomic mass is 10.1. The van der Waals surface area contributed by atoms with E-state index in [9.17, 15) is 14.9 Å². The van der Waals surface area contributed by atoms with Crippen LogP contribution in [0, 0.1) is 10.1 Å². The molecule has 1 aliphatic rings. The molecule has 2 heterocycles. The van der Waals surface area contributed by atoms with Gasteiger partial charge in [-0.25, -0.2) is 0 Å². The highest BCUT2D eigenvalue weighted by Crippen LogP contribution is 2.30. The number of carbonyl (C=O) groups is 1. The van der Waals surface area contributed by atoms with E-state index >= 15 is 0 Å². The second kappa shape index (κ2) is 6.02. The Morgan fingerprint density at radius 3 is 2.86 bits per heavy atom. The zero-order valence-corrected chi connectivity index (χ0v) is 12.1. The number of amides is 1. The number of rotatable bonds is 3. The maximum Gasteiger partial charge on any atom is 0.292 e. The van der Waals surface area contributed by atoms with Crippen LogP contribution in [-0.4, -0.2) is 28.3 Å². The van der Waals surface area contributed by atoms with E-state index < -0.39 is 10.8 Å². The summed E-state index contributed by atoms with van der Waals surface area (Å²) in [6.07, 6.45) is 0. The van der Waals surface area contributed by atoms with Crippen molar-refractivity contribution >= 4 is 28.5 Å². The van der Waals surface area contributed by atoms with Crippen molar-refractivity contribution in [2.75, 3.05) is 12.3 Å². The van der Waals surface area contributed by atoms with Crippen LogP contribution >= 0.6 is 11.8 Å². The molecule has 1 aromatic carbocycles. The van der Waals surface area contributed by atoms with Gasteiger partial charge in [-0.3, -0.25) is 25.2 Å². The van der Waals surface area contributed by atoms with E-state index in [0.29, 0.717) is 17.3 Å². The van der Waals surface area contributed by atoms with Gasteiger partial charge in [-0.2, -0.15) is 0 Å². The molecule has 22 heavy (non-hydrogen) atoms. The van der Waals surface area contributed by atoms with Gasteiger partial charge < -0.3 is 4.42 Å². The lowest BCUT2D eigenvalue weighted by Crippen LogP contribution is -2.26. The number of nitro groups is 1. The summed E-state index contributed by atoms with van der Waals surface area (Å²) >= 11 is 1.46. The number of hydrogen-bond acceptors (Lipinski definition) is 6. The third kappa shape index (κ3) is 2.86. The Hall–Kier alpha value is -2.61. The van der Waals surface area contributed by atoms with Crippen LogP contribution in [0.1, 0.15) is 10.6 Å². The first-order valence-electron chi connectivity index (χ1n) is 6.47. The normalized spacial score (nSPS) is 13.7. The van der Waals surface area contributed by atoms with E-state index in [1.807, 2.05) is 0 Å². The maximum absolute atomic E-state index is 12.0. The second-order valence-electron chi connectivity index (χ2n) is 4.43. The smallest absolute Gasteiger partial charge is 0.292 e. The minimum Gasteiger partial charge on any atom is -0.451 e. The van der Waals surface area contributed by atoms with E-state index in [4.69, 9.17) is 4.42 Å². The van der Waals surface area contributed by atoms with Crippen molar-refractivity contribution in [3.63, 3.8) is 0 Å². The number of nitrogens with zero attached hydrogens (tertiary/aromatic N) is 2. The van der Waals surface area contributed by atoms with Crippen molar-refractivity contribution in [2.45, 2.75) is 0 Å². The predicted molar refractivity (Wildman–Crippen MR) is 83.0 cm³/mol. The summed E-state index contributed by atoms with van der Waals surface area (Å²) in [6.45, 7) is 0.680. The molecule has 0 atom stereocenters. The van der Waals surface area contributed by atoms with Crippen molar-refractivity contribution in [2.24, 2.45) is 4.99 Å². The van der Waals surface area contributed by atoms with Crippen molar-refractivity contribution in [1.29, 1.82) is 0 Å². The van der Waals surface area contributed by atoms with Gasteiger partial charge in [-0.15, -0.1) is 0 Å². The monoisotopic (exact) mass is 317 g/mol. The minimum atomic E-state index is -0.485. The molecule has 1 aromatic heterocycles. The molecular formula is C14H11N3O4S. The maximum atomic E-state index is 12.0. The first-order valence-corrected chi connectivity index (χ1v) is 7.46. The van der Waals surface area contributed by atoms with Gasteiger partial charge in [0.15, 0.2) is 10.9 Å². The molecule has 0 aliphatic carbocycles. The van der Waals surface area contributed by atoms with E-state index in [-0.39, 0.29) is 17.2 Å². The molecule has 0 radical (unpaired) electrons. The van der Waals surface area contributed by atoms with Crippen molar-refractivity contribution < 1.29 is 14.1 Å². The van der Waals surface area contributed by atoms with Crippen LogP contribution in [0.4, 0.5) is 5.69 Å². The number of hydrogen-bond donors (Lipinski definition) is 1. The SMILES string of the molecule is O=C(NC1=NCCS1)c1ccc(-c2ccccc2[N+](=O)[O-])o1. The van der Waals surface area contributed by atoms with Gasteiger partial charge in [0.05, 0.1) is 17.0 Å². The summed E-state index contributed by atoms with van der Waals surface area (Å²) in [5, 5.41) is 14.2. The highest BCUT2D eigenvalue weighted by Gasteiger charge is 2.20. The molecule has 1 aliphatic heterocycles. The summed E-state index contributed by atoms with van der Waals surface area (Å²) in [5.74, 6) is 0.787. The fourth-order valence-electron chi connectivity index (χ4n) is 2.02. The van der Waals surface area contributed by atoms with E-state index in [0.717, 1.165) is 5.75 Å². The predicted octanol–water partition coefficient (Wildman–Crippen LogP) is 2.69. The number of nitro benzene ring substituents is 1. The Morgan fingerprint density at radius 2 is 2.14 bits per heavy atom. The van der Waals surface area contributed by atoms with E-state index in [1.165, 1.54) is 23.9 Å². The van der Waals surface area contributed by atoms with Crippen LogP contribution in [0.25, 0.3) is 11.3 Å². The Balaban J connectivity index is 1.85. The van der Waals surface area contributed by atoms with Gasteiger partial charge in [0.1, 0.15) is 5.76 Å². The average Bonchev–Trinajstić information content (AvgIpc) is 3.18. The average molecular weight is 317 g/mol. The molecular weight excluding hydrogens is 306 g/mol. The first-order chi connectivity index (χ1) is 10.6. The highest BCUT2D eigenvalue weighted by atomic mass is 32.2. The molecule has 0 unspecified atom stereocenters. The number of para-hydroxylation sites is 1. The number of amidine groups is 1. The molecule has 2 aromatic rings. The van der Waals surface area contributed by atoms with Crippen LogP contribution in [-0.2, 0) is 0 Å². The van der Waals surface area contributed by atoms with Crippen LogP contribution in [0.5, 0.6) is 0 Å². The van der Waals surface area contributed by atoms with Gasteiger partial charge in [-0.05, 0) is 18.2 Å². The van der Waals surface area contributed by atoms with Gasteiger partial charge >= 0.3 is 0 Å². The molecule has 0 spiro atoms. The molecule has 1 N–H and O–H groups in total. The number of benzene rings is 1. The largest absolute Gasteiger partial charge is 0.451 e. The molecule has 0 saturated carbocycles. The molecule has 7 nitrogen and oxygen atoms in total. The number of thioether (sulfide) groups is 1. The van der Waals surface area contributed by atoms with Crippen molar-refractivity contribution in [3.8, 4) is 11.3 Å². The first kappa shape index (κ1) is 14.3. The molecule has 3 rings (SSSR count). The molecule has 8 heteroatoms. The second-order valence-corrected chi connectivity index (χ2v) is 5.51. The molecule has 1 amide bonds. The fraction of sp³-hybridized carbons (Fsp3) is 0.143. The number of nitrogens with one attached hydrogen (secondary N) is 1. The quantitative estimate of drug-likeness (QED) is 0.693. The Labute approximate surface area is 129 Å². The zero-order valence-electron chi connectivity index (χ0n) is 11.3. The number of furan rings is 1. The van der Waals surface area contributed by atoms with Crippen LogP contribution in [0.15, 0.2) is 45.8 Å². The van der Waals surface area contributed by atoms with Gasteiger partial charge in [0, 0.05) is 11.8 Å². The minimum absolute atomic E-state index is 0.0699. The summed E-state index contributed by atoms with van der Waals surface area (Å²) in [4.78, 5) is 26.7. The summed E-state index contributed by atoms with van der Waals surface area (Å²) < 4.78 is 5.45. The third-order valence-electron chi connectivity index (χ3n) is 3.00. The lowest BCUT2D eigenvalue weighted by molar-refractivity contribution is -0.384.